The molecule has 4 aromatic rings. The molecule has 4 rings (SSSR count). The molecule has 0 unspecified atom stereocenters. The average molecular weight is 387 g/mol. The number of anilines is 1. The molecular formula is C23H21N3O3. The van der Waals surface area contributed by atoms with E-state index in [-0.39, 0.29) is 5.91 Å². The molecule has 0 bridgehead atoms. The first-order chi connectivity index (χ1) is 14.1. The number of imidazole rings is 1. The standard InChI is InChI=1S/C23H21N3O3/c1-15-9-10-26-14-20(24-22(26)11-15)16-7-8-21(29-3)19(13-16)25-23(27)17-5-4-6-18(12-17)28-2/h4-14H,1-3H3,(H,25,27). The molecule has 146 valence electrons. The predicted molar refractivity (Wildman–Crippen MR) is 113 cm³/mol. The number of pyridine rings is 1. The van der Waals surface area contributed by atoms with Gasteiger partial charge in [0.05, 0.1) is 25.6 Å². The lowest BCUT2D eigenvalue weighted by atomic mass is 10.1. The highest BCUT2D eigenvalue weighted by molar-refractivity contribution is 6.05. The van der Waals surface area contributed by atoms with Crippen LogP contribution in [0.5, 0.6) is 11.5 Å². The molecule has 0 aliphatic carbocycles. The molecule has 0 atom stereocenters. The van der Waals surface area contributed by atoms with Gasteiger partial charge >= 0.3 is 0 Å². The normalized spacial score (nSPS) is 10.7. The van der Waals surface area contributed by atoms with Crippen molar-refractivity contribution < 1.29 is 14.3 Å². The molecule has 2 heterocycles. The fourth-order valence-corrected chi connectivity index (χ4v) is 3.15. The summed E-state index contributed by atoms with van der Waals surface area (Å²) in [4.78, 5) is 17.4. The van der Waals surface area contributed by atoms with E-state index >= 15 is 0 Å². The topological polar surface area (TPSA) is 64.9 Å². The van der Waals surface area contributed by atoms with Crippen LogP contribution in [0.2, 0.25) is 0 Å². The van der Waals surface area contributed by atoms with Crippen LogP contribution in [0.1, 0.15) is 15.9 Å². The van der Waals surface area contributed by atoms with Gasteiger partial charge in [-0.15, -0.1) is 0 Å². The highest BCUT2D eigenvalue weighted by atomic mass is 16.5. The van der Waals surface area contributed by atoms with Crippen molar-refractivity contribution in [3.05, 3.63) is 78.1 Å². The molecular weight excluding hydrogens is 366 g/mol. The van der Waals surface area contributed by atoms with Gasteiger partial charge in [-0.1, -0.05) is 6.07 Å². The third kappa shape index (κ3) is 3.78. The maximum absolute atomic E-state index is 12.7. The van der Waals surface area contributed by atoms with Crippen LogP contribution in [0, 0.1) is 6.92 Å². The van der Waals surface area contributed by atoms with Gasteiger partial charge in [0, 0.05) is 23.5 Å². The summed E-state index contributed by atoms with van der Waals surface area (Å²) in [6.07, 6.45) is 3.94. The summed E-state index contributed by atoms with van der Waals surface area (Å²) in [6, 6.07) is 16.7. The lowest BCUT2D eigenvalue weighted by Crippen LogP contribution is -2.12. The molecule has 6 nitrogen and oxygen atoms in total. The first-order valence-electron chi connectivity index (χ1n) is 9.16. The van der Waals surface area contributed by atoms with E-state index < -0.39 is 0 Å². The van der Waals surface area contributed by atoms with E-state index in [1.54, 1.807) is 38.5 Å². The number of aryl methyl sites for hydroxylation is 1. The number of carbonyl (C=O) groups excluding carboxylic acids is 1. The molecule has 1 amide bonds. The Bertz CT molecular complexity index is 1200. The van der Waals surface area contributed by atoms with E-state index in [0.29, 0.717) is 22.7 Å². The number of nitrogens with zero attached hydrogens (tertiary/aromatic N) is 2. The van der Waals surface area contributed by atoms with E-state index in [2.05, 4.69) is 5.32 Å². The van der Waals surface area contributed by atoms with Crippen LogP contribution >= 0.6 is 0 Å². The molecule has 2 aromatic carbocycles. The second kappa shape index (κ2) is 7.67. The minimum absolute atomic E-state index is 0.245. The summed E-state index contributed by atoms with van der Waals surface area (Å²) >= 11 is 0. The minimum atomic E-state index is -0.245. The first-order valence-corrected chi connectivity index (χ1v) is 9.16. The Morgan fingerprint density at radius 1 is 1.03 bits per heavy atom. The van der Waals surface area contributed by atoms with Gasteiger partial charge in [-0.05, 0) is 61.0 Å². The Hall–Kier alpha value is -3.80. The van der Waals surface area contributed by atoms with Crippen LogP contribution in [0.3, 0.4) is 0 Å². The lowest BCUT2D eigenvalue weighted by molar-refractivity contribution is 0.102. The fraction of sp³-hybridized carbons (Fsp3) is 0.130. The van der Waals surface area contributed by atoms with Gasteiger partial charge in [0.25, 0.3) is 5.91 Å². The zero-order chi connectivity index (χ0) is 20.4. The van der Waals surface area contributed by atoms with Crippen molar-refractivity contribution in [2.24, 2.45) is 0 Å². The van der Waals surface area contributed by atoms with Gasteiger partial charge in [0.1, 0.15) is 17.1 Å². The second-order valence-corrected chi connectivity index (χ2v) is 6.70. The van der Waals surface area contributed by atoms with Gasteiger partial charge in [0.15, 0.2) is 0 Å². The number of amides is 1. The lowest BCUT2D eigenvalue weighted by Gasteiger charge is -2.12. The average Bonchev–Trinajstić information content (AvgIpc) is 3.17. The summed E-state index contributed by atoms with van der Waals surface area (Å²) < 4.78 is 12.6. The number of nitrogens with one attached hydrogen (secondary N) is 1. The van der Waals surface area contributed by atoms with E-state index in [4.69, 9.17) is 14.5 Å². The maximum Gasteiger partial charge on any atom is 0.255 e. The van der Waals surface area contributed by atoms with Crippen LogP contribution in [0.4, 0.5) is 5.69 Å². The molecule has 29 heavy (non-hydrogen) atoms. The monoisotopic (exact) mass is 387 g/mol. The Morgan fingerprint density at radius 2 is 1.90 bits per heavy atom. The van der Waals surface area contributed by atoms with E-state index in [0.717, 1.165) is 22.5 Å². The van der Waals surface area contributed by atoms with Crippen molar-refractivity contribution >= 4 is 17.2 Å². The molecule has 0 saturated carbocycles. The summed E-state index contributed by atoms with van der Waals surface area (Å²) in [7, 11) is 3.14. The van der Waals surface area contributed by atoms with Crippen molar-refractivity contribution in [1.29, 1.82) is 0 Å². The van der Waals surface area contributed by atoms with Crippen molar-refractivity contribution in [2.45, 2.75) is 6.92 Å². The Morgan fingerprint density at radius 3 is 2.69 bits per heavy atom. The number of methoxy groups -OCH3 is 2. The summed E-state index contributed by atoms with van der Waals surface area (Å²) in [5.74, 6) is 0.952. The van der Waals surface area contributed by atoms with Gasteiger partial charge in [-0.2, -0.15) is 0 Å². The van der Waals surface area contributed by atoms with Gasteiger partial charge in [0.2, 0.25) is 0 Å². The number of carbonyl (C=O) groups is 1. The van der Waals surface area contributed by atoms with Gasteiger partial charge < -0.3 is 19.2 Å². The molecule has 0 spiro atoms. The van der Waals surface area contributed by atoms with Crippen molar-refractivity contribution in [1.82, 2.24) is 9.38 Å². The third-order valence-electron chi connectivity index (χ3n) is 4.69. The van der Waals surface area contributed by atoms with Crippen LogP contribution < -0.4 is 14.8 Å². The zero-order valence-electron chi connectivity index (χ0n) is 16.5. The smallest absolute Gasteiger partial charge is 0.255 e. The SMILES string of the molecule is COc1cccc(C(=O)Nc2cc(-c3cn4ccc(C)cc4n3)ccc2OC)c1. The van der Waals surface area contributed by atoms with Gasteiger partial charge in [-0.3, -0.25) is 4.79 Å². The number of fused-ring (bicyclic) bond motifs is 1. The van der Waals surface area contributed by atoms with Crippen LogP contribution in [0.25, 0.3) is 16.9 Å². The van der Waals surface area contributed by atoms with Crippen LogP contribution in [-0.2, 0) is 0 Å². The molecule has 0 radical (unpaired) electrons. The highest BCUT2D eigenvalue weighted by Crippen LogP contribution is 2.31. The largest absolute Gasteiger partial charge is 0.497 e. The first kappa shape index (κ1) is 18.6. The molecule has 0 saturated heterocycles. The number of ether oxygens (including phenoxy) is 2. The number of hydrogen-bond acceptors (Lipinski definition) is 4. The molecule has 1 N–H and O–H groups in total. The quantitative estimate of drug-likeness (QED) is 0.544. The molecule has 2 aromatic heterocycles. The summed E-state index contributed by atoms with van der Waals surface area (Å²) in [5.41, 5.74) is 4.79. The summed E-state index contributed by atoms with van der Waals surface area (Å²) in [6.45, 7) is 2.04. The third-order valence-corrected chi connectivity index (χ3v) is 4.69. The fourth-order valence-electron chi connectivity index (χ4n) is 3.15. The second-order valence-electron chi connectivity index (χ2n) is 6.70. The Balaban J connectivity index is 1.68. The molecule has 0 aliphatic rings. The Labute approximate surface area is 168 Å². The highest BCUT2D eigenvalue weighted by Gasteiger charge is 2.13. The van der Waals surface area contributed by atoms with Gasteiger partial charge in [-0.25, -0.2) is 4.98 Å². The van der Waals surface area contributed by atoms with Crippen LogP contribution in [-0.4, -0.2) is 29.5 Å². The molecule has 6 heteroatoms. The number of aromatic nitrogens is 2. The molecule has 0 fully saturated rings. The number of hydrogen-bond donors (Lipinski definition) is 1. The van der Waals surface area contributed by atoms with E-state index in [1.807, 2.05) is 54.0 Å². The van der Waals surface area contributed by atoms with E-state index in [9.17, 15) is 4.79 Å². The van der Waals surface area contributed by atoms with Crippen molar-refractivity contribution in [3.8, 4) is 22.8 Å². The predicted octanol–water partition coefficient (Wildman–Crippen LogP) is 4.58. The summed E-state index contributed by atoms with van der Waals surface area (Å²) in [5, 5.41) is 2.93. The van der Waals surface area contributed by atoms with Crippen molar-refractivity contribution in [2.75, 3.05) is 19.5 Å². The maximum atomic E-state index is 12.7. The van der Waals surface area contributed by atoms with Crippen molar-refractivity contribution in [3.63, 3.8) is 0 Å². The zero-order valence-corrected chi connectivity index (χ0v) is 16.5. The Kier molecular flexibility index (Phi) is 4.91. The minimum Gasteiger partial charge on any atom is -0.497 e. The van der Waals surface area contributed by atoms with Crippen LogP contribution in [0.15, 0.2) is 67.0 Å². The molecule has 0 aliphatic heterocycles. The number of benzene rings is 2. The number of rotatable bonds is 5. The van der Waals surface area contributed by atoms with E-state index in [1.165, 1.54) is 0 Å².